The second kappa shape index (κ2) is 9.60. The summed E-state index contributed by atoms with van der Waals surface area (Å²) >= 11 is 0. The molecule has 0 spiro atoms. The fourth-order valence-electron chi connectivity index (χ4n) is 2.15. The smallest absolute Gasteiger partial charge is 0.408 e. The first-order valence-corrected chi connectivity index (χ1v) is 8.18. The van der Waals surface area contributed by atoms with Gasteiger partial charge in [0.15, 0.2) is 0 Å². The molecular weight excluding hydrogens is 338 g/mol. The van der Waals surface area contributed by atoms with Gasteiger partial charge in [0.1, 0.15) is 18.2 Å². The van der Waals surface area contributed by atoms with Gasteiger partial charge in [-0.2, -0.15) is 0 Å². The SMILES string of the molecule is C=CC[C@@H](C(=O)OCc1ccccc1)[C@@H](NC(=O)OC(C)(C)C)C(=O)O. The lowest BCUT2D eigenvalue weighted by Gasteiger charge is -2.25. The number of carboxylic acids is 1. The quantitative estimate of drug-likeness (QED) is 0.544. The number of carboxylic acid groups (broad SMARTS) is 1. The Hall–Kier alpha value is -2.83. The molecule has 0 unspecified atom stereocenters. The number of carbonyl (C=O) groups is 3. The third-order valence-electron chi connectivity index (χ3n) is 3.29. The van der Waals surface area contributed by atoms with E-state index in [-0.39, 0.29) is 13.0 Å². The molecule has 1 aromatic carbocycles. The Morgan fingerprint density at radius 2 is 1.85 bits per heavy atom. The van der Waals surface area contributed by atoms with Crippen molar-refractivity contribution in [3.8, 4) is 0 Å². The number of hydrogen-bond donors (Lipinski definition) is 2. The number of ether oxygens (including phenoxy) is 2. The van der Waals surface area contributed by atoms with E-state index in [4.69, 9.17) is 9.47 Å². The maximum Gasteiger partial charge on any atom is 0.408 e. The van der Waals surface area contributed by atoms with E-state index in [1.807, 2.05) is 6.07 Å². The Balaban J connectivity index is 2.83. The van der Waals surface area contributed by atoms with Crippen molar-refractivity contribution in [2.24, 2.45) is 5.92 Å². The van der Waals surface area contributed by atoms with Crippen LogP contribution < -0.4 is 5.32 Å². The van der Waals surface area contributed by atoms with Gasteiger partial charge in [-0.05, 0) is 32.8 Å². The molecule has 0 saturated carbocycles. The van der Waals surface area contributed by atoms with Crippen molar-refractivity contribution in [3.05, 3.63) is 48.6 Å². The number of alkyl carbamates (subject to hydrolysis) is 1. The molecule has 1 rings (SSSR count). The van der Waals surface area contributed by atoms with E-state index in [0.29, 0.717) is 0 Å². The van der Waals surface area contributed by atoms with Gasteiger partial charge in [-0.3, -0.25) is 4.79 Å². The number of hydrogen-bond acceptors (Lipinski definition) is 5. The maximum atomic E-state index is 12.4. The standard InChI is InChI=1S/C19H25NO6/c1-5-9-14(17(23)25-12-13-10-7-6-8-11-13)15(16(21)22)20-18(24)26-19(2,3)4/h5-8,10-11,14-15H,1,9,12H2,2-4H3,(H,20,24)(H,21,22)/t14-,15-/m1/s1. The average molecular weight is 363 g/mol. The lowest BCUT2D eigenvalue weighted by atomic mass is 9.96. The van der Waals surface area contributed by atoms with Gasteiger partial charge >= 0.3 is 18.0 Å². The molecule has 0 radical (unpaired) electrons. The van der Waals surface area contributed by atoms with Gasteiger partial charge in [0.05, 0.1) is 5.92 Å². The van der Waals surface area contributed by atoms with Crippen LogP contribution in [0.3, 0.4) is 0 Å². The Morgan fingerprint density at radius 3 is 2.35 bits per heavy atom. The van der Waals surface area contributed by atoms with E-state index in [2.05, 4.69) is 11.9 Å². The van der Waals surface area contributed by atoms with E-state index in [1.165, 1.54) is 6.08 Å². The number of esters is 1. The van der Waals surface area contributed by atoms with Crippen LogP contribution in [0, 0.1) is 5.92 Å². The third-order valence-corrected chi connectivity index (χ3v) is 3.29. The number of benzene rings is 1. The molecule has 0 aromatic heterocycles. The van der Waals surface area contributed by atoms with Crippen molar-refractivity contribution in [2.75, 3.05) is 0 Å². The molecule has 26 heavy (non-hydrogen) atoms. The average Bonchev–Trinajstić information content (AvgIpc) is 2.55. The molecule has 7 nitrogen and oxygen atoms in total. The lowest BCUT2D eigenvalue weighted by molar-refractivity contribution is -0.156. The first-order chi connectivity index (χ1) is 12.1. The molecular formula is C19H25NO6. The highest BCUT2D eigenvalue weighted by Gasteiger charge is 2.36. The zero-order valence-corrected chi connectivity index (χ0v) is 15.2. The van der Waals surface area contributed by atoms with Crippen molar-refractivity contribution in [3.63, 3.8) is 0 Å². The predicted molar refractivity (Wildman–Crippen MR) is 95.3 cm³/mol. The van der Waals surface area contributed by atoms with E-state index in [9.17, 15) is 19.5 Å². The van der Waals surface area contributed by atoms with Crippen LogP contribution >= 0.6 is 0 Å². The number of carbonyl (C=O) groups excluding carboxylic acids is 2. The molecule has 1 amide bonds. The molecule has 0 heterocycles. The fourth-order valence-corrected chi connectivity index (χ4v) is 2.15. The molecule has 2 N–H and O–H groups in total. The van der Waals surface area contributed by atoms with Crippen LogP contribution in [0.15, 0.2) is 43.0 Å². The van der Waals surface area contributed by atoms with Gasteiger partial charge in [0.25, 0.3) is 0 Å². The van der Waals surface area contributed by atoms with Crippen LogP contribution in [0.1, 0.15) is 32.8 Å². The molecule has 2 atom stereocenters. The maximum absolute atomic E-state index is 12.4. The highest BCUT2D eigenvalue weighted by atomic mass is 16.6. The van der Waals surface area contributed by atoms with Gasteiger partial charge in [-0.15, -0.1) is 6.58 Å². The molecule has 7 heteroatoms. The van der Waals surface area contributed by atoms with Crippen molar-refractivity contribution < 1.29 is 29.0 Å². The van der Waals surface area contributed by atoms with Gasteiger partial charge in [-0.25, -0.2) is 9.59 Å². The first kappa shape index (κ1) is 21.2. The molecule has 0 bridgehead atoms. The molecule has 0 aliphatic heterocycles. The van der Waals surface area contributed by atoms with Gasteiger partial charge in [0.2, 0.25) is 0 Å². The summed E-state index contributed by atoms with van der Waals surface area (Å²) in [5.74, 6) is -3.22. The lowest BCUT2D eigenvalue weighted by Crippen LogP contribution is -2.50. The normalized spacial score (nSPS) is 13.2. The van der Waals surface area contributed by atoms with Crippen LogP contribution in [0.2, 0.25) is 0 Å². The molecule has 0 saturated heterocycles. The van der Waals surface area contributed by atoms with E-state index in [0.717, 1.165) is 5.56 Å². The second-order valence-corrected chi connectivity index (χ2v) is 6.69. The third kappa shape index (κ3) is 7.38. The number of aliphatic carboxylic acids is 1. The van der Waals surface area contributed by atoms with Crippen molar-refractivity contribution >= 4 is 18.0 Å². The molecule has 142 valence electrons. The van der Waals surface area contributed by atoms with E-state index < -0.39 is 35.6 Å². The summed E-state index contributed by atoms with van der Waals surface area (Å²) in [6.45, 7) is 8.49. The Morgan fingerprint density at radius 1 is 1.23 bits per heavy atom. The predicted octanol–water partition coefficient (Wildman–Crippen LogP) is 2.90. The highest BCUT2D eigenvalue weighted by molar-refractivity contribution is 5.87. The van der Waals surface area contributed by atoms with Crippen LogP contribution in [-0.4, -0.2) is 34.8 Å². The summed E-state index contributed by atoms with van der Waals surface area (Å²) in [6.07, 6.45) is 0.511. The summed E-state index contributed by atoms with van der Waals surface area (Å²) in [7, 11) is 0. The summed E-state index contributed by atoms with van der Waals surface area (Å²) in [4.78, 5) is 35.9. The Labute approximate surface area is 153 Å². The zero-order valence-electron chi connectivity index (χ0n) is 15.2. The van der Waals surface area contributed by atoms with Crippen molar-refractivity contribution in [2.45, 2.75) is 45.4 Å². The Kier molecular flexibility index (Phi) is 7.83. The van der Waals surface area contributed by atoms with Gasteiger partial charge in [0, 0.05) is 0 Å². The minimum atomic E-state index is -1.49. The van der Waals surface area contributed by atoms with Crippen LogP contribution in [0.5, 0.6) is 0 Å². The number of rotatable bonds is 8. The summed E-state index contributed by atoms with van der Waals surface area (Å²) in [5, 5.41) is 11.7. The minimum Gasteiger partial charge on any atom is -0.480 e. The van der Waals surface area contributed by atoms with E-state index >= 15 is 0 Å². The molecule has 0 fully saturated rings. The summed E-state index contributed by atoms with van der Waals surface area (Å²) in [5.41, 5.74) is -0.0281. The summed E-state index contributed by atoms with van der Waals surface area (Å²) < 4.78 is 10.3. The number of amides is 1. The number of allylic oxidation sites excluding steroid dienone is 1. The molecule has 0 aliphatic carbocycles. The zero-order chi connectivity index (χ0) is 19.7. The van der Waals surface area contributed by atoms with Crippen LogP contribution in [-0.2, 0) is 25.7 Å². The van der Waals surface area contributed by atoms with Crippen molar-refractivity contribution in [1.82, 2.24) is 5.32 Å². The first-order valence-electron chi connectivity index (χ1n) is 8.18. The Bertz CT molecular complexity index is 635. The second-order valence-electron chi connectivity index (χ2n) is 6.69. The van der Waals surface area contributed by atoms with Crippen molar-refractivity contribution in [1.29, 1.82) is 0 Å². The van der Waals surface area contributed by atoms with Gasteiger partial charge in [-0.1, -0.05) is 36.4 Å². The molecule has 1 aromatic rings. The van der Waals surface area contributed by atoms with E-state index in [1.54, 1.807) is 45.0 Å². The number of nitrogens with one attached hydrogen (secondary N) is 1. The van der Waals surface area contributed by atoms with Crippen LogP contribution in [0.4, 0.5) is 4.79 Å². The van der Waals surface area contributed by atoms with Crippen LogP contribution in [0.25, 0.3) is 0 Å². The topological polar surface area (TPSA) is 102 Å². The minimum absolute atomic E-state index is 0.00604. The molecule has 0 aliphatic rings. The van der Waals surface area contributed by atoms with Gasteiger partial charge < -0.3 is 19.9 Å². The summed E-state index contributed by atoms with van der Waals surface area (Å²) in [6, 6.07) is 7.50. The monoisotopic (exact) mass is 363 g/mol. The largest absolute Gasteiger partial charge is 0.480 e. The fraction of sp³-hybridized carbons (Fsp3) is 0.421. The highest BCUT2D eigenvalue weighted by Crippen LogP contribution is 2.16.